The molecule has 4 unspecified atom stereocenters. The molecule has 0 heteroatoms. The molecule has 0 aromatic heterocycles. The molecule has 0 heterocycles. The van der Waals surface area contributed by atoms with E-state index in [9.17, 15) is 0 Å². The van der Waals surface area contributed by atoms with E-state index in [4.69, 9.17) is 0 Å². The maximum absolute atomic E-state index is 2.46. The molecule has 0 aromatic carbocycles. The lowest BCUT2D eigenvalue weighted by atomic mass is 9.63. The minimum absolute atomic E-state index is 0.444. The summed E-state index contributed by atoms with van der Waals surface area (Å²) < 4.78 is 0. The zero-order chi connectivity index (χ0) is 13.8. The van der Waals surface area contributed by atoms with Gasteiger partial charge in [0.2, 0.25) is 0 Å². The largest absolute Gasteiger partial charge is 0.0654 e. The summed E-state index contributed by atoms with van der Waals surface area (Å²) in [7, 11) is 0. The standard InChI is InChI=1S/C17H36/c1-10-11-13(4)14(5)15(6)16(7)17(8,9)12(2)3/h12-16H,10-11H2,1-9H3. The van der Waals surface area contributed by atoms with Gasteiger partial charge in [0, 0.05) is 0 Å². The van der Waals surface area contributed by atoms with Crippen molar-refractivity contribution >= 4 is 0 Å². The fourth-order valence-electron chi connectivity index (χ4n) is 2.90. The van der Waals surface area contributed by atoms with Gasteiger partial charge in [0.05, 0.1) is 0 Å². The van der Waals surface area contributed by atoms with Gasteiger partial charge < -0.3 is 0 Å². The highest BCUT2D eigenvalue weighted by atomic mass is 14.4. The smallest absolute Gasteiger partial charge is 0.0303 e. The normalized spacial score (nSPS) is 20.1. The molecule has 0 rings (SSSR count). The summed E-state index contributed by atoms with van der Waals surface area (Å²) in [6, 6.07) is 0. The van der Waals surface area contributed by atoms with Crippen molar-refractivity contribution in [2.75, 3.05) is 0 Å². The van der Waals surface area contributed by atoms with Gasteiger partial charge in [0.25, 0.3) is 0 Å². The molecule has 0 N–H and O–H groups in total. The van der Waals surface area contributed by atoms with E-state index in [-0.39, 0.29) is 0 Å². The first kappa shape index (κ1) is 17.0. The summed E-state index contributed by atoms with van der Waals surface area (Å²) in [5.74, 6) is 4.06. The van der Waals surface area contributed by atoms with Crippen molar-refractivity contribution in [1.29, 1.82) is 0 Å². The molecule has 4 atom stereocenters. The monoisotopic (exact) mass is 240 g/mol. The second-order valence-corrected chi connectivity index (χ2v) is 7.25. The van der Waals surface area contributed by atoms with Crippen molar-refractivity contribution in [1.82, 2.24) is 0 Å². The van der Waals surface area contributed by atoms with Crippen LogP contribution in [0.2, 0.25) is 0 Å². The molecule has 0 fully saturated rings. The maximum atomic E-state index is 2.46. The van der Waals surface area contributed by atoms with Crippen LogP contribution in [0.15, 0.2) is 0 Å². The van der Waals surface area contributed by atoms with Gasteiger partial charge in [0.1, 0.15) is 0 Å². The zero-order valence-corrected chi connectivity index (χ0v) is 13.8. The minimum atomic E-state index is 0.444. The quantitative estimate of drug-likeness (QED) is 0.511. The van der Waals surface area contributed by atoms with Crippen molar-refractivity contribution in [2.24, 2.45) is 35.0 Å². The Hall–Kier alpha value is 0. The molecule has 17 heavy (non-hydrogen) atoms. The van der Waals surface area contributed by atoms with Crippen LogP contribution >= 0.6 is 0 Å². The summed E-state index contributed by atoms with van der Waals surface area (Å²) in [6.07, 6.45) is 2.69. The lowest BCUT2D eigenvalue weighted by Gasteiger charge is -2.42. The van der Waals surface area contributed by atoms with E-state index in [0.717, 1.165) is 29.6 Å². The van der Waals surface area contributed by atoms with Gasteiger partial charge in [-0.25, -0.2) is 0 Å². The summed E-state index contributed by atoms with van der Waals surface area (Å²) in [6.45, 7) is 21.7. The SMILES string of the molecule is CCCC(C)C(C)C(C)C(C)C(C)(C)C(C)C. The van der Waals surface area contributed by atoms with Crippen LogP contribution in [0.3, 0.4) is 0 Å². The van der Waals surface area contributed by atoms with Gasteiger partial charge >= 0.3 is 0 Å². The van der Waals surface area contributed by atoms with E-state index in [1.165, 1.54) is 12.8 Å². The molecule has 0 spiro atoms. The Morgan fingerprint density at radius 1 is 0.824 bits per heavy atom. The highest BCUT2D eigenvalue weighted by molar-refractivity contribution is 4.84. The van der Waals surface area contributed by atoms with E-state index >= 15 is 0 Å². The van der Waals surface area contributed by atoms with E-state index in [2.05, 4.69) is 62.3 Å². The number of rotatable bonds is 7. The van der Waals surface area contributed by atoms with Gasteiger partial charge in [-0.2, -0.15) is 0 Å². The topological polar surface area (TPSA) is 0 Å². The molecule has 0 bridgehead atoms. The van der Waals surface area contributed by atoms with Gasteiger partial charge in [-0.3, -0.25) is 0 Å². The van der Waals surface area contributed by atoms with Crippen LogP contribution in [0.5, 0.6) is 0 Å². The molecule has 0 aliphatic carbocycles. The lowest BCUT2D eigenvalue weighted by molar-refractivity contribution is 0.0649. The van der Waals surface area contributed by atoms with Crippen LogP contribution in [0.1, 0.15) is 75.2 Å². The predicted octanol–water partition coefficient (Wildman–Crippen LogP) is 6.01. The Labute approximate surface area is 111 Å². The highest BCUT2D eigenvalue weighted by Gasteiger charge is 2.35. The predicted molar refractivity (Wildman–Crippen MR) is 80.2 cm³/mol. The van der Waals surface area contributed by atoms with Crippen LogP contribution in [-0.4, -0.2) is 0 Å². The molecule has 0 aliphatic rings. The third-order valence-corrected chi connectivity index (χ3v) is 5.92. The fourth-order valence-corrected chi connectivity index (χ4v) is 2.90. The van der Waals surface area contributed by atoms with Crippen molar-refractivity contribution in [2.45, 2.75) is 75.2 Å². The minimum Gasteiger partial charge on any atom is -0.0654 e. The first-order chi connectivity index (χ1) is 7.66. The zero-order valence-electron chi connectivity index (χ0n) is 13.8. The Balaban J connectivity index is 4.64. The Bertz CT molecular complexity index is 202. The van der Waals surface area contributed by atoms with Crippen LogP contribution in [0.4, 0.5) is 0 Å². The molecule has 0 radical (unpaired) electrons. The summed E-state index contributed by atoms with van der Waals surface area (Å²) in [5.41, 5.74) is 0.444. The second kappa shape index (κ2) is 6.81. The second-order valence-electron chi connectivity index (χ2n) is 7.25. The van der Waals surface area contributed by atoms with Crippen LogP contribution in [-0.2, 0) is 0 Å². The molecule has 0 saturated carbocycles. The first-order valence-electron chi connectivity index (χ1n) is 7.66. The van der Waals surface area contributed by atoms with E-state index < -0.39 is 0 Å². The molecule has 0 aromatic rings. The Morgan fingerprint density at radius 2 is 1.29 bits per heavy atom. The number of hydrogen-bond acceptors (Lipinski definition) is 0. The van der Waals surface area contributed by atoms with Gasteiger partial charge in [-0.1, -0.05) is 75.2 Å². The molecule has 0 aliphatic heterocycles. The number of hydrogen-bond donors (Lipinski definition) is 0. The summed E-state index contributed by atoms with van der Waals surface area (Å²) in [5, 5.41) is 0. The van der Waals surface area contributed by atoms with Crippen LogP contribution in [0, 0.1) is 35.0 Å². The molecule has 0 saturated heterocycles. The Kier molecular flexibility index (Phi) is 6.81. The van der Waals surface area contributed by atoms with Crippen LogP contribution < -0.4 is 0 Å². The summed E-state index contributed by atoms with van der Waals surface area (Å²) >= 11 is 0. The van der Waals surface area contributed by atoms with Crippen molar-refractivity contribution in [3.05, 3.63) is 0 Å². The molecular weight excluding hydrogens is 204 g/mol. The highest BCUT2D eigenvalue weighted by Crippen LogP contribution is 2.43. The lowest BCUT2D eigenvalue weighted by Crippen LogP contribution is -2.35. The first-order valence-corrected chi connectivity index (χ1v) is 7.66. The average molecular weight is 240 g/mol. The van der Waals surface area contributed by atoms with Gasteiger partial charge in [-0.05, 0) is 35.0 Å². The van der Waals surface area contributed by atoms with E-state index in [0.29, 0.717) is 5.41 Å². The van der Waals surface area contributed by atoms with Crippen molar-refractivity contribution < 1.29 is 0 Å². The molecule has 104 valence electrons. The molecule has 0 amide bonds. The summed E-state index contributed by atoms with van der Waals surface area (Å²) in [4.78, 5) is 0. The van der Waals surface area contributed by atoms with Gasteiger partial charge in [-0.15, -0.1) is 0 Å². The van der Waals surface area contributed by atoms with Crippen molar-refractivity contribution in [3.8, 4) is 0 Å². The fraction of sp³-hybridized carbons (Fsp3) is 1.00. The van der Waals surface area contributed by atoms with E-state index in [1.807, 2.05) is 0 Å². The molecular formula is C17H36. The third kappa shape index (κ3) is 4.30. The average Bonchev–Trinajstić information content (AvgIpc) is 2.25. The maximum Gasteiger partial charge on any atom is -0.0303 e. The van der Waals surface area contributed by atoms with Crippen LogP contribution in [0.25, 0.3) is 0 Å². The third-order valence-electron chi connectivity index (χ3n) is 5.92. The van der Waals surface area contributed by atoms with Gasteiger partial charge in [0.15, 0.2) is 0 Å². The Morgan fingerprint density at radius 3 is 1.65 bits per heavy atom. The van der Waals surface area contributed by atoms with E-state index in [1.54, 1.807) is 0 Å². The molecule has 0 nitrogen and oxygen atoms in total. The van der Waals surface area contributed by atoms with Crippen molar-refractivity contribution in [3.63, 3.8) is 0 Å².